The number of rotatable bonds is 2. The molecule has 1 aromatic heterocycles. The summed E-state index contributed by atoms with van der Waals surface area (Å²) in [4.78, 5) is 14.3. The number of nitro benzene ring substituents is 1. The van der Waals surface area contributed by atoms with E-state index in [0.29, 0.717) is 11.3 Å². The molecule has 0 aliphatic carbocycles. The van der Waals surface area contributed by atoms with Crippen molar-refractivity contribution in [1.82, 2.24) is 4.98 Å². The minimum Gasteiger partial charge on any atom is -0.508 e. The summed E-state index contributed by atoms with van der Waals surface area (Å²) < 4.78 is 0. The number of phenolic OH excluding ortho intramolecular Hbond substituents is 1. The molecule has 2 rings (SSSR count). The lowest BCUT2D eigenvalue weighted by Crippen LogP contribution is -1.92. The lowest BCUT2D eigenvalue weighted by Gasteiger charge is -2.02. The maximum absolute atomic E-state index is 10.8. The molecule has 0 saturated carbocycles. The number of aromatic nitrogens is 1. The third-order valence-electron chi connectivity index (χ3n) is 2.12. The Balaban J connectivity index is 2.63. The largest absolute Gasteiger partial charge is 0.508 e. The Morgan fingerprint density at radius 2 is 2.06 bits per heavy atom. The van der Waals surface area contributed by atoms with Crippen molar-refractivity contribution in [3.8, 4) is 17.0 Å². The Bertz CT molecular complexity index is 526. The molecule has 0 fully saturated rings. The molecule has 2 aromatic rings. The molecule has 0 radical (unpaired) electrons. The Kier molecular flexibility index (Phi) is 2.51. The van der Waals surface area contributed by atoms with Crippen molar-refractivity contribution in [3.05, 3.63) is 52.7 Å². The first-order valence-corrected chi connectivity index (χ1v) is 4.57. The van der Waals surface area contributed by atoms with Crippen molar-refractivity contribution in [2.75, 3.05) is 0 Å². The molecule has 0 unspecified atom stereocenters. The number of nitrogens with zero attached hydrogens (tertiary/aromatic N) is 2. The van der Waals surface area contributed by atoms with E-state index in [9.17, 15) is 15.2 Å². The molecule has 0 bridgehead atoms. The first-order chi connectivity index (χ1) is 7.68. The summed E-state index contributed by atoms with van der Waals surface area (Å²) in [5.41, 5.74) is 0.701. The molecular formula is C11H8N2O3. The smallest absolute Gasteiger partial charge is 0.279 e. The fourth-order valence-corrected chi connectivity index (χ4v) is 1.41. The Morgan fingerprint density at radius 3 is 2.69 bits per heavy atom. The zero-order valence-electron chi connectivity index (χ0n) is 8.20. The maximum atomic E-state index is 10.8. The van der Waals surface area contributed by atoms with E-state index in [2.05, 4.69) is 4.98 Å². The van der Waals surface area contributed by atoms with Gasteiger partial charge in [0.05, 0.1) is 16.2 Å². The standard InChI is InChI=1S/C11H8N2O3/c14-8-4-5-11(13(15)16)9(7-8)10-3-1-2-6-12-10/h1-7,14H. The molecule has 80 valence electrons. The van der Waals surface area contributed by atoms with Crippen molar-refractivity contribution >= 4 is 5.69 Å². The van der Waals surface area contributed by atoms with E-state index < -0.39 is 4.92 Å². The van der Waals surface area contributed by atoms with Crippen LogP contribution >= 0.6 is 0 Å². The van der Waals surface area contributed by atoms with Gasteiger partial charge < -0.3 is 5.11 Å². The predicted molar refractivity (Wildman–Crippen MR) is 58.0 cm³/mol. The van der Waals surface area contributed by atoms with Crippen LogP contribution in [0, 0.1) is 10.1 Å². The second-order valence-corrected chi connectivity index (χ2v) is 3.17. The van der Waals surface area contributed by atoms with Gasteiger partial charge in [0, 0.05) is 12.3 Å². The van der Waals surface area contributed by atoms with Crippen LogP contribution in [0.5, 0.6) is 5.75 Å². The number of benzene rings is 1. The molecule has 16 heavy (non-hydrogen) atoms. The lowest BCUT2D eigenvalue weighted by atomic mass is 10.1. The molecule has 0 amide bonds. The Labute approximate surface area is 91.2 Å². The summed E-state index contributed by atoms with van der Waals surface area (Å²) in [7, 11) is 0. The van der Waals surface area contributed by atoms with Crippen LogP contribution in [0.2, 0.25) is 0 Å². The first-order valence-electron chi connectivity index (χ1n) is 4.57. The van der Waals surface area contributed by atoms with E-state index in [4.69, 9.17) is 0 Å². The molecule has 1 aromatic carbocycles. The van der Waals surface area contributed by atoms with E-state index in [0.717, 1.165) is 0 Å². The minimum absolute atomic E-state index is 0.0220. The van der Waals surface area contributed by atoms with E-state index in [1.54, 1.807) is 24.4 Å². The maximum Gasteiger partial charge on any atom is 0.279 e. The summed E-state index contributed by atoms with van der Waals surface area (Å²) in [6.07, 6.45) is 1.54. The molecule has 0 saturated heterocycles. The van der Waals surface area contributed by atoms with E-state index in [1.165, 1.54) is 18.2 Å². The van der Waals surface area contributed by atoms with Crippen molar-refractivity contribution in [2.45, 2.75) is 0 Å². The van der Waals surface area contributed by atoms with Crippen molar-refractivity contribution in [2.24, 2.45) is 0 Å². The highest BCUT2D eigenvalue weighted by atomic mass is 16.6. The SMILES string of the molecule is O=[N+]([O-])c1ccc(O)cc1-c1ccccn1. The molecular weight excluding hydrogens is 208 g/mol. The summed E-state index contributed by atoms with van der Waals surface area (Å²) >= 11 is 0. The van der Waals surface area contributed by atoms with Crippen LogP contribution in [0.15, 0.2) is 42.6 Å². The van der Waals surface area contributed by atoms with Crippen LogP contribution in [-0.4, -0.2) is 15.0 Å². The molecule has 1 N–H and O–H groups in total. The van der Waals surface area contributed by atoms with Gasteiger partial charge in [0.1, 0.15) is 5.75 Å². The normalized spacial score (nSPS) is 10.0. The predicted octanol–water partition coefficient (Wildman–Crippen LogP) is 2.36. The van der Waals surface area contributed by atoms with Gasteiger partial charge in [0.25, 0.3) is 5.69 Å². The van der Waals surface area contributed by atoms with Gasteiger partial charge in [0.15, 0.2) is 0 Å². The fraction of sp³-hybridized carbons (Fsp3) is 0. The second kappa shape index (κ2) is 3.98. The average Bonchev–Trinajstić information content (AvgIpc) is 2.29. The molecule has 0 atom stereocenters. The fourth-order valence-electron chi connectivity index (χ4n) is 1.41. The topological polar surface area (TPSA) is 76.3 Å². The monoisotopic (exact) mass is 216 g/mol. The van der Waals surface area contributed by atoms with Gasteiger partial charge in [-0.1, -0.05) is 6.07 Å². The molecule has 0 spiro atoms. The van der Waals surface area contributed by atoms with E-state index in [1.807, 2.05) is 0 Å². The highest BCUT2D eigenvalue weighted by Crippen LogP contribution is 2.31. The summed E-state index contributed by atoms with van der Waals surface area (Å²) in [5, 5.41) is 20.1. The molecule has 0 aliphatic heterocycles. The number of hydrogen-bond donors (Lipinski definition) is 1. The third kappa shape index (κ3) is 1.83. The zero-order valence-corrected chi connectivity index (χ0v) is 8.20. The van der Waals surface area contributed by atoms with Crippen LogP contribution in [0.4, 0.5) is 5.69 Å². The molecule has 1 heterocycles. The van der Waals surface area contributed by atoms with E-state index >= 15 is 0 Å². The van der Waals surface area contributed by atoms with Gasteiger partial charge >= 0.3 is 0 Å². The number of pyridine rings is 1. The van der Waals surface area contributed by atoms with E-state index in [-0.39, 0.29) is 11.4 Å². The quantitative estimate of drug-likeness (QED) is 0.617. The Hall–Kier alpha value is -2.43. The van der Waals surface area contributed by atoms with Crippen LogP contribution < -0.4 is 0 Å². The van der Waals surface area contributed by atoms with Crippen molar-refractivity contribution < 1.29 is 10.0 Å². The van der Waals surface area contributed by atoms with Gasteiger partial charge in [-0.2, -0.15) is 0 Å². The molecule has 5 heteroatoms. The minimum atomic E-state index is -0.497. The zero-order chi connectivity index (χ0) is 11.5. The summed E-state index contributed by atoms with van der Waals surface area (Å²) in [6.45, 7) is 0. The number of phenols is 1. The van der Waals surface area contributed by atoms with Gasteiger partial charge in [0.2, 0.25) is 0 Å². The van der Waals surface area contributed by atoms with Crippen LogP contribution in [-0.2, 0) is 0 Å². The third-order valence-corrected chi connectivity index (χ3v) is 2.12. The number of nitro groups is 1. The van der Waals surface area contributed by atoms with Crippen LogP contribution in [0.3, 0.4) is 0 Å². The summed E-state index contributed by atoms with van der Waals surface area (Å²) in [6, 6.07) is 8.99. The highest BCUT2D eigenvalue weighted by Gasteiger charge is 2.16. The number of hydrogen-bond acceptors (Lipinski definition) is 4. The molecule has 5 nitrogen and oxygen atoms in total. The average molecular weight is 216 g/mol. The van der Waals surface area contributed by atoms with Crippen LogP contribution in [0.25, 0.3) is 11.3 Å². The number of aromatic hydroxyl groups is 1. The molecule has 0 aliphatic rings. The van der Waals surface area contributed by atoms with Gasteiger partial charge in [-0.25, -0.2) is 0 Å². The van der Waals surface area contributed by atoms with Crippen LogP contribution in [0.1, 0.15) is 0 Å². The van der Waals surface area contributed by atoms with Gasteiger partial charge in [-0.05, 0) is 24.3 Å². The van der Waals surface area contributed by atoms with Crippen molar-refractivity contribution in [1.29, 1.82) is 0 Å². The van der Waals surface area contributed by atoms with Gasteiger partial charge in [-0.15, -0.1) is 0 Å². The highest BCUT2D eigenvalue weighted by molar-refractivity contribution is 5.71. The first kappa shape index (κ1) is 10.1. The summed E-state index contributed by atoms with van der Waals surface area (Å²) in [5.74, 6) is -0.0220. The lowest BCUT2D eigenvalue weighted by molar-refractivity contribution is -0.384. The second-order valence-electron chi connectivity index (χ2n) is 3.17. The van der Waals surface area contributed by atoms with Gasteiger partial charge in [-0.3, -0.25) is 15.1 Å². The van der Waals surface area contributed by atoms with Crippen molar-refractivity contribution in [3.63, 3.8) is 0 Å². The Morgan fingerprint density at radius 1 is 1.25 bits per heavy atom.